The van der Waals surface area contributed by atoms with Crippen LogP contribution in [0.25, 0.3) is 0 Å². The molecule has 8 heteroatoms. The zero-order valence-corrected chi connectivity index (χ0v) is 15.3. The number of sulfone groups is 1. The van der Waals surface area contributed by atoms with E-state index in [1.807, 2.05) is 30.0 Å². The minimum Gasteiger partial charge on any atom is -0.333 e. The summed E-state index contributed by atoms with van der Waals surface area (Å²) in [5.41, 5.74) is 1.60. The van der Waals surface area contributed by atoms with Gasteiger partial charge in [-0.2, -0.15) is 0 Å². The number of aryl methyl sites for hydroxylation is 1. The number of anilines is 1. The van der Waals surface area contributed by atoms with Gasteiger partial charge in [-0.25, -0.2) is 18.4 Å². The van der Waals surface area contributed by atoms with Gasteiger partial charge in [0.15, 0.2) is 9.84 Å². The van der Waals surface area contributed by atoms with Crippen LogP contribution >= 0.6 is 0 Å². The maximum absolute atomic E-state index is 13.0. The number of piperazine rings is 1. The fourth-order valence-electron chi connectivity index (χ4n) is 3.84. The van der Waals surface area contributed by atoms with E-state index in [1.54, 1.807) is 29.4 Å². The van der Waals surface area contributed by atoms with Crippen molar-refractivity contribution in [2.24, 2.45) is 0 Å². The number of hydrogen-bond donors (Lipinski definition) is 0. The summed E-state index contributed by atoms with van der Waals surface area (Å²) < 4.78 is 24.7. The number of aromatic nitrogens is 2. The Morgan fingerprint density at radius 2 is 1.81 bits per heavy atom. The lowest BCUT2D eigenvalue weighted by Crippen LogP contribution is -2.61. The predicted octanol–water partition coefficient (Wildman–Crippen LogP) is 0.913. The highest BCUT2D eigenvalue weighted by molar-refractivity contribution is 7.91. The molecule has 4 rings (SSSR count). The second-order valence-corrected chi connectivity index (χ2v) is 8.98. The fraction of sp³-hybridized carbons (Fsp3) is 0.389. The molecule has 2 aromatic rings. The lowest BCUT2D eigenvalue weighted by Gasteiger charge is -2.43. The van der Waals surface area contributed by atoms with Crippen molar-refractivity contribution >= 4 is 21.7 Å². The fourth-order valence-corrected chi connectivity index (χ4v) is 5.82. The summed E-state index contributed by atoms with van der Waals surface area (Å²) in [6, 6.07) is 8.43. The van der Waals surface area contributed by atoms with Crippen molar-refractivity contribution < 1.29 is 13.2 Å². The Balaban J connectivity index is 1.66. The van der Waals surface area contributed by atoms with Gasteiger partial charge < -0.3 is 9.80 Å². The molecule has 0 aliphatic carbocycles. The molecule has 1 amide bonds. The van der Waals surface area contributed by atoms with Crippen molar-refractivity contribution in [1.29, 1.82) is 0 Å². The van der Waals surface area contributed by atoms with Crippen LogP contribution in [0.5, 0.6) is 0 Å². The SMILES string of the molecule is Cc1cccc(C(=O)N2CCN(c3ncccn3)[C@@H]3CS(=O)(=O)C[C@@H]32)c1. The molecule has 1 aromatic heterocycles. The standard InChI is InChI=1S/C18H20N4O3S/c1-13-4-2-5-14(10-13)17(23)21-8-9-22(18-19-6-3-7-20-18)16-12-26(24,25)11-15(16)21/h2-7,10,15-16H,8-9,11-12H2,1H3/t15-,16+/m0/s1. The highest BCUT2D eigenvalue weighted by Crippen LogP contribution is 2.30. The zero-order chi connectivity index (χ0) is 18.3. The summed E-state index contributed by atoms with van der Waals surface area (Å²) in [7, 11) is -3.22. The molecule has 0 radical (unpaired) electrons. The largest absolute Gasteiger partial charge is 0.333 e. The molecule has 0 unspecified atom stereocenters. The molecule has 2 atom stereocenters. The number of amides is 1. The first-order chi connectivity index (χ1) is 12.4. The highest BCUT2D eigenvalue weighted by Gasteiger charge is 2.48. The molecule has 136 valence electrons. The normalized spacial score (nSPS) is 24.3. The number of carbonyl (C=O) groups excluding carboxylic acids is 1. The van der Waals surface area contributed by atoms with Gasteiger partial charge in [-0.3, -0.25) is 4.79 Å². The molecule has 0 bridgehead atoms. The van der Waals surface area contributed by atoms with Crippen LogP contribution in [-0.2, 0) is 9.84 Å². The van der Waals surface area contributed by atoms with Gasteiger partial charge in [0.25, 0.3) is 5.91 Å². The Morgan fingerprint density at radius 1 is 1.08 bits per heavy atom. The minimum absolute atomic E-state index is 0.0153. The maximum Gasteiger partial charge on any atom is 0.254 e. The average Bonchev–Trinajstić information content (AvgIpc) is 2.96. The van der Waals surface area contributed by atoms with Crippen LogP contribution in [0.2, 0.25) is 0 Å². The summed E-state index contributed by atoms with van der Waals surface area (Å²) in [4.78, 5) is 25.2. The molecule has 2 fully saturated rings. The van der Waals surface area contributed by atoms with E-state index >= 15 is 0 Å². The smallest absolute Gasteiger partial charge is 0.254 e. The van der Waals surface area contributed by atoms with Crippen LogP contribution in [0.15, 0.2) is 42.7 Å². The predicted molar refractivity (Wildman–Crippen MR) is 97.8 cm³/mol. The molecule has 7 nitrogen and oxygen atoms in total. The maximum atomic E-state index is 13.0. The van der Waals surface area contributed by atoms with E-state index in [-0.39, 0.29) is 29.5 Å². The molecule has 26 heavy (non-hydrogen) atoms. The minimum atomic E-state index is -3.22. The van der Waals surface area contributed by atoms with Gasteiger partial charge in [0.05, 0.1) is 23.6 Å². The van der Waals surface area contributed by atoms with E-state index < -0.39 is 9.84 Å². The van der Waals surface area contributed by atoms with E-state index in [2.05, 4.69) is 9.97 Å². The molecule has 2 aliphatic rings. The zero-order valence-electron chi connectivity index (χ0n) is 14.4. The Hall–Kier alpha value is -2.48. The topological polar surface area (TPSA) is 83.5 Å². The summed E-state index contributed by atoms with van der Waals surface area (Å²) >= 11 is 0. The molecular weight excluding hydrogens is 352 g/mol. The number of carbonyl (C=O) groups is 1. The molecule has 3 heterocycles. The van der Waals surface area contributed by atoms with E-state index in [9.17, 15) is 13.2 Å². The van der Waals surface area contributed by atoms with Crippen molar-refractivity contribution in [3.8, 4) is 0 Å². The average molecular weight is 372 g/mol. The number of hydrogen-bond acceptors (Lipinski definition) is 6. The second-order valence-electron chi connectivity index (χ2n) is 6.82. The van der Waals surface area contributed by atoms with Gasteiger partial charge in [0.2, 0.25) is 5.95 Å². The number of fused-ring (bicyclic) bond motifs is 1. The van der Waals surface area contributed by atoms with Crippen LogP contribution in [0, 0.1) is 6.92 Å². The third kappa shape index (κ3) is 3.05. The Bertz CT molecular complexity index is 932. The van der Waals surface area contributed by atoms with E-state index in [0.717, 1.165) is 5.56 Å². The molecular formula is C18H20N4O3S. The van der Waals surface area contributed by atoms with Gasteiger partial charge >= 0.3 is 0 Å². The molecule has 0 saturated carbocycles. The van der Waals surface area contributed by atoms with Gasteiger partial charge in [-0.1, -0.05) is 17.7 Å². The summed E-state index contributed by atoms with van der Waals surface area (Å²) in [5, 5.41) is 0. The monoisotopic (exact) mass is 372 g/mol. The van der Waals surface area contributed by atoms with Gasteiger partial charge in [-0.15, -0.1) is 0 Å². The number of benzene rings is 1. The first-order valence-corrected chi connectivity index (χ1v) is 10.4. The lowest BCUT2D eigenvalue weighted by atomic mass is 10.0. The highest BCUT2D eigenvalue weighted by atomic mass is 32.2. The molecule has 2 aliphatic heterocycles. The third-order valence-electron chi connectivity index (χ3n) is 5.01. The Morgan fingerprint density at radius 3 is 2.54 bits per heavy atom. The van der Waals surface area contributed by atoms with Crippen LogP contribution in [0.3, 0.4) is 0 Å². The van der Waals surface area contributed by atoms with Gasteiger partial charge in [0, 0.05) is 31.0 Å². The number of rotatable bonds is 2. The molecule has 1 aromatic carbocycles. The van der Waals surface area contributed by atoms with Crippen molar-refractivity contribution in [2.45, 2.75) is 19.0 Å². The van der Waals surface area contributed by atoms with E-state index in [1.165, 1.54) is 0 Å². The van der Waals surface area contributed by atoms with Crippen molar-refractivity contribution in [3.05, 3.63) is 53.9 Å². The van der Waals surface area contributed by atoms with Crippen molar-refractivity contribution in [3.63, 3.8) is 0 Å². The Kier molecular flexibility index (Phi) is 4.14. The van der Waals surface area contributed by atoms with Crippen molar-refractivity contribution in [2.75, 3.05) is 29.5 Å². The third-order valence-corrected chi connectivity index (χ3v) is 6.71. The second kappa shape index (κ2) is 6.35. The first kappa shape index (κ1) is 17.0. The van der Waals surface area contributed by atoms with Gasteiger partial charge in [0.1, 0.15) is 0 Å². The van der Waals surface area contributed by atoms with Crippen molar-refractivity contribution in [1.82, 2.24) is 14.9 Å². The van der Waals surface area contributed by atoms with Crippen LogP contribution in [0.1, 0.15) is 15.9 Å². The molecule has 0 spiro atoms. The lowest BCUT2D eigenvalue weighted by molar-refractivity contribution is 0.0647. The van der Waals surface area contributed by atoms with E-state index in [4.69, 9.17) is 0 Å². The summed E-state index contributed by atoms with van der Waals surface area (Å²) in [6.07, 6.45) is 3.29. The van der Waals surface area contributed by atoms with Crippen LogP contribution in [-0.4, -0.2) is 65.9 Å². The van der Waals surface area contributed by atoms with Crippen LogP contribution < -0.4 is 4.90 Å². The van der Waals surface area contributed by atoms with Gasteiger partial charge in [-0.05, 0) is 25.1 Å². The summed E-state index contributed by atoms with van der Waals surface area (Å²) in [6.45, 7) is 2.89. The summed E-state index contributed by atoms with van der Waals surface area (Å²) in [5.74, 6) is 0.406. The first-order valence-electron chi connectivity index (χ1n) is 8.56. The number of nitrogens with zero attached hydrogens (tertiary/aromatic N) is 4. The Labute approximate surface area is 152 Å². The molecule has 0 N–H and O–H groups in total. The molecule has 2 saturated heterocycles. The van der Waals surface area contributed by atoms with Crippen LogP contribution in [0.4, 0.5) is 5.95 Å². The van der Waals surface area contributed by atoms with E-state index in [0.29, 0.717) is 24.6 Å². The quantitative estimate of drug-likeness (QED) is 0.779.